The van der Waals surface area contributed by atoms with E-state index in [0.717, 1.165) is 5.69 Å². The van der Waals surface area contributed by atoms with Crippen LogP contribution >= 0.6 is 0 Å². The van der Waals surface area contributed by atoms with Gasteiger partial charge in [0.15, 0.2) is 0 Å². The number of nitrogens with two attached hydrogens (primary N) is 1. The average molecular weight is 312 g/mol. The van der Waals surface area contributed by atoms with Gasteiger partial charge in [0.25, 0.3) is 0 Å². The minimum absolute atomic E-state index is 0. The van der Waals surface area contributed by atoms with Crippen LogP contribution in [0.15, 0.2) is 24.3 Å². The quantitative estimate of drug-likeness (QED) is 0.516. The molecule has 2 heterocycles. The SMILES string of the molecule is Nc1cccc(N2CC[N+]3(CCCC3)CC2)c1.[Br-]. The average Bonchev–Trinajstić information content (AvgIpc) is 2.79. The maximum absolute atomic E-state index is 5.85. The van der Waals surface area contributed by atoms with Crippen LogP contribution in [-0.4, -0.2) is 43.8 Å². The predicted octanol–water partition coefficient (Wildman–Crippen LogP) is -1.30. The Bertz CT molecular complexity index is 392. The highest BCUT2D eigenvalue weighted by atomic mass is 79.9. The van der Waals surface area contributed by atoms with Crippen LogP contribution in [0.1, 0.15) is 12.8 Å². The Morgan fingerprint density at radius 3 is 2.28 bits per heavy atom. The molecule has 1 spiro atoms. The van der Waals surface area contributed by atoms with Gasteiger partial charge >= 0.3 is 0 Å². The Balaban J connectivity index is 0.00000120. The van der Waals surface area contributed by atoms with Gasteiger partial charge < -0.3 is 32.1 Å². The zero-order valence-electron chi connectivity index (χ0n) is 10.8. The molecule has 2 N–H and O–H groups in total. The fourth-order valence-electron chi connectivity index (χ4n) is 3.32. The van der Waals surface area contributed by atoms with Crippen molar-refractivity contribution in [2.24, 2.45) is 0 Å². The highest BCUT2D eigenvalue weighted by Crippen LogP contribution is 2.25. The molecule has 2 saturated heterocycles. The standard InChI is InChI=1S/C14H22N3.BrH/c15-13-4-3-5-14(12-13)16-6-10-17(11-7-16)8-1-2-9-17;/h3-5,12H,1-2,6-11,15H2;1H/q+1;/p-1. The van der Waals surface area contributed by atoms with Crippen molar-refractivity contribution in [3.63, 3.8) is 0 Å². The number of quaternary nitrogens is 1. The van der Waals surface area contributed by atoms with Crippen molar-refractivity contribution in [2.45, 2.75) is 12.8 Å². The van der Waals surface area contributed by atoms with Gasteiger partial charge in [-0.2, -0.15) is 0 Å². The fraction of sp³-hybridized carbons (Fsp3) is 0.571. The van der Waals surface area contributed by atoms with Crippen LogP contribution in [0.3, 0.4) is 0 Å². The van der Waals surface area contributed by atoms with Gasteiger partial charge in [0.05, 0.1) is 39.3 Å². The molecular weight excluding hydrogens is 290 g/mol. The molecule has 0 unspecified atom stereocenters. The molecular formula is C14H22BrN3. The molecule has 3 nitrogen and oxygen atoms in total. The molecule has 2 aliphatic heterocycles. The minimum Gasteiger partial charge on any atom is -1.00 e. The second-order valence-corrected chi connectivity index (χ2v) is 5.53. The number of halogens is 1. The number of anilines is 2. The lowest BCUT2D eigenvalue weighted by Gasteiger charge is -2.42. The fourth-order valence-corrected chi connectivity index (χ4v) is 3.32. The summed E-state index contributed by atoms with van der Waals surface area (Å²) in [6.45, 7) is 7.81. The second kappa shape index (κ2) is 5.49. The lowest BCUT2D eigenvalue weighted by Crippen LogP contribution is -3.00. The molecule has 18 heavy (non-hydrogen) atoms. The summed E-state index contributed by atoms with van der Waals surface area (Å²) >= 11 is 0. The van der Waals surface area contributed by atoms with Crippen molar-refractivity contribution in [3.05, 3.63) is 24.3 Å². The second-order valence-electron chi connectivity index (χ2n) is 5.53. The van der Waals surface area contributed by atoms with Gasteiger partial charge in [-0.25, -0.2) is 0 Å². The zero-order valence-corrected chi connectivity index (χ0v) is 12.4. The van der Waals surface area contributed by atoms with Crippen molar-refractivity contribution in [1.29, 1.82) is 0 Å². The molecule has 2 aliphatic rings. The van der Waals surface area contributed by atoms with Gasteiger partial charge in [0.2, 0.25) is 0 Å². The van der Waals surface area contributed by atoms with E-state index in [1.54, 1.807) is 0 Å². The Hall–Kier alpha value is -0.740. The normalized spacial score (nSPS) is 21.9. The molecule has 0 aromatic heterocycles. The number of nitrogen functional groups attached to an aromatic ring is 1. The lowest BCUT2D eigenvalue weighted by atomic mass is 10.2. The largest absolute Gasteiger partial charge is 1.00 e. The molecule has 0 saturated carbocycles. The van der Waals surface area contributed by atoms with Crippen LogP contribution in [0.2, 0.25) is 0 Å². The molecule has 3 rings (SSSR count). The molecule has 1 aromatic rings. The van der Waals surface area contributed by atoms with Gasteiger partial charge in [0.1, 0.15) is 0 Å². The molecule has 100 valence electrons. The summed E-state index contributed by atoms with van der Waals surface area (Å²) in [5.41, 5.74) is 8.02. The third kappa shape index (κ3) is 2.64. The summed E-state index contributed by atoms with van der Waals surface area (Å²) < 4.78 is 1.37. The van der Waals surface area contributed by atoms with E-state index in [1.165, 1.54) is 62.3 Å². The molecule has 0 bridgehead atoms. The zero-order chi connectivity index (χ0) is 11.7. The number of piperazine rings is 1. The van der Waals surface area contributed by atoms with Crippen LogP contribution in [0, 0.1) is 0 Å². The molecule has 0 radical (unpaired) electrons. The smallest absolute Gasteiger partial charge is 0.0965 e. The number of rotatable bonds is 1. The topological polar surface area (TPSA) is 29.3 Å². The Morgan fingerprint density at radius 1 is 1.00 bits per heavy atom. The van der Waals surface area contributed by atoms with E-state index >= 15 is 0 Å². The number of hydrogen-bond donors (Lipinski definition) is 1. The molecule has 1 aromatic carbocycles. The van der Waals surface area contributed by atoms with E-state index in [0.29, 0.717) is 0 Å². The Kier molecular flexibility index (Phi) is 4.17. The highest BCUT2D eigenvalue weighted by molar-refractivity contribution is 5.56. The van der Waals surface area contributed by atoms with Crippen LogP contribution in [0.25, 0.3) is 0 Å². The van der Waals surface area contributed by atoms with E-state index < -0.39 is 0 Å². The lowest BCUT2D eigenvalue weighted by molar-refractivity contribution is -0.917. The van der Waals surface area contributed by atoms with Crippen LogP contribution in [-0.2, 0) is 0 Å². The summed E-state index contributed by atoms with van der Waals surface area (Å²) in [5, 5.41) is 0. The first-order valence-electron chi connectivity index (χ1n) is 6.73. The minimum atomic E-state index is 0. The number of nitrogens with zero attached hydrogens (tertiary/aromatic N) is 2. The molecule has 4 heteroatoms. The van der Waals surface area contributed by atoms with E-state index in [-0.39, 0.29) is 17.0 Å². The molecule has 0 amide bonds. The van der Waals surface area contributed by atoms with Gasteiger partial charge in [-0.05, 0) is 18.2 Å². The van der Waals surface area contributed by atoms with Gasteiger partial charge in [-0.1, -0.05) is 6.07 Å². The summed E-state index contributed by atoms with van der Waals surface area (Å²) in [7, 11) is 0. The van der Waals surface area contributed by atoms with Crippen molar-refractivity contribution < 1.29 is 21.5 Å². The van der Waals surface area contributed by atoms with Crippen LogP contribution in [0.4, 0.5) is 11.4 Å². The first-order valence-corrected chi connectivity index (χ1v) is 6.73. The van der Waals surface area contributed by atoms with Crippen LogP contribution in [0.5, 0.6) is 0 Å². The molecule has 0 aliphatic carbocycles. The maximum Gasteiger partial charge on any atom is 0.0965 e. The number of hydrogen-bond acceptors (Lipinski definition) is 2. The van der Waals surface area contributed by atoms with E-state index in [1.807, 2.05) is 6.07 Å². The summed E-state index contributed by atoms with van der Waals surface area (Å²) in [6, 6.07) is 8.29. The maximum atomic E-state index is 5.85. The Morgan fingerprint density at radius 2 is 1.67 bits per heavy atom. The first kappa shape index (κ1) is 13.7. The Labute approximate surface area is 120 Å². The summed E-state index contributed by atoms with van der Waals surface area (Å²) in [6.07, 6.45) is 2.86. The summed E-state index contributed by atoms with van der Waals surface area (Å²) in [4.78, 5) is 2.48. The van der Waals surface area contributed by atoms with E-state index in [2.05, 4.69) is 23.1 Å². The third-order valence-electron chi connectivity index (χ3n) is 4.44. The van der Waals surface area contributed by atoms with Gasteiger partial charge in [0, 0.05) is 24.2 Å². The first-order chi connectivity index (χ1) is 8.27. The van der Waals surface area contributed by atoms with Gasteiger partial charge in [-0.15, -0.1) is 0 Å². The van der Waals surface area contributed by atoms with E-state index in [4.69, 9.17) is 5.73 Å². The van der Waals surface area contributed by atoms with Gasteiger partial charge in [-0.3, -0.25) is 0 Å². The van der Waals surface area contributed by atoms with Crippen LogP contribution < -0.4 is 27.6 Å². The van der Waals surface area contributed by atoms with Crippen molar-refractivity contribution in [2.75, 3.05) is 49.9 Å². The predicted molar refractivity (Wildman–Crippen MR) is 72.0 cm³/mol. The van der Waals surface area contributed by atoms with Crippen molar-refractivity contribution >= 4 is 11.4 Å². The number of benzene rings is 1. The van der Waals surface area contributed by atoms with Crippen molar-refractivity contribution in [3.8, 4) is 0 Å². The van der Waals surface area contributed by atoms with Crippen molar-refractivity contribution in [1.82, 2.24) is 0 Å². The third-order valence-corrected chi connectivity index (χ3v) is 4.44. The highest BCUT2D eigenvalue weighted by Gasteiger charge is 2.35. The monoisotopic (exact) mass is 311 g/mol. The molecule has 2 fully saturated rings. The molecule has 0 atom stereocenters. The van der Waals surface area contributed by atoms with E-state index in [9.17, 15) is 0 Å². The summed E-state index contributed by atoms with van der Waals surface area (Å²) in [5.74, 6) is 0.